The van der Waals surface area contributed by atoms with Crippen molar-refractivity contribution in [1.29, 1.82) is 0 Å². The SMILES string of the molecule is COCCCNC(=O)CN(C)Cc1cccc(Cl)c1. The Bertz CT molecular complexity index is 399. The first-order valence-corrected chi connectivity index (χ1v) is 6.68. The molecule has 0 saturated heterocycles. The Kier molecular flexibility index (Phi) is 7.48. The van der Waals surface area contributed by atoms with Crippen LogP contribution in [0.5, 0.6) is 0 Å². The fraction of sp³-hybridized carbons (Fsp3) is 0.500. The van der Waals surface area contributed by atoms with Crippen LogP contribution in [0.25, 0.3) is 0 Å². The lowest BCUT2D eigenvalue weighted by Gasteiger charge is -2.16. The Morgan fingerprint density at radius 3 is 2.95 bits per heavy atom. The zero-order valence-corrected chi connectivity index (χ0v) is 12.2. The number of benzene rings is 1. The molecule has 0 saturated carbocycles. The van der Waals surface area contributed by atoms with Gasteiger partial charge >= 0.3 is 0 Å². The number of hydrogen-bond acceptors (Lipinski definition) is 3. The number of nitrogens with one attached hydrogen (secondary N) is 1. The second-order valence-corrected chi connectivity index (χ2v) is 4.93. The lowest BCUT2D eigenvalue weighted by Crippen LogP contribution is -2.35. The normalized spacial score (nSPS) is 10.7. The van der Waals surface area contributed by atoms with Crippen LogP contribution in [0, 0.1) is 0 Å². The number of carbonyl (C=O) groups excluding carboxylic acids is 1. The van der Waals surface area contributed by atoms with Gasteiger partial charge in [0.2, 0.25) is 5.91 Å². The largest absolute Gasteiger partial charge is 0.385 e. The highest BCUT2D eigenvalue weighted by atomic mass is 35.5. The molecule has 0 aromatic heterocycles. The Balaban J connectivity index is 2.26. The molecule has 0 aliphatic rings. The van der Waals surface area contributed by atoms with E-state index in [-0.39, 0.29) is 5.91 Å². The minimum absolute atomic E-state index is 0.0284. The average molecular weight is 285 g/mol. The third-order valence-electron chi connectivity index (χ3n) is 2.60. The lowest BCUT2D eigenvalue weighted by atomic mass is 10.2. The number of methoxy groups -OCH3 is 1. The van der Waals surface area contributed by atoms with E-state index in [1.165, 1.54) is 0 Å². The molecule has 0 fully saturated rings. The molecule has 0 unspecified atom stereocenters. The van der Waals surface area contributed by atoms with E-state index in [2.05, 4.69) is 5.32 Å². The highest BCUT2D eigenvalue weighted by Gasteiger charge is 2.06. The van der Waals surface area contributed by atoms with Crippen molar-refractivity contribution in [3.63, 3.8) is 0 Å². The van der Waals surface area contributed by atoms with Gasteiger partial charge < -0.3 is 10.1 Å². The molecule has 1 rings (SSSR count). The van der Waals surface area contributed by atoms with Gasteiger partial charge in [0, 0.05) is 31.8 Å². The quantitative estimate of drug-likeness (QED) is 0.742. The average Bonchev–Trinajstić information content (AvgIpc) is 2.34. The fourth-order valence-corrected chi connectivity index (χ4v) is 1.96. The summed E-state index contributed by atoms with van der Waals surface area (Å²) in [6.45, 7) is 2.39. The highest BCUT2D eigenvalue weighted by molar-refractivity contribution is 6.30. The molecule has 0 heterocycles. The zero-order chi connectivity index (χ0) is 14.1. The van der Waals surface area contributed by atoms with Crippen molar-refractivity contribution in [2.75, 3.05) is 33.9 Å². The van der Waals surface area contributed by atoms with Gasteiger partial charge in [-0.1, -0.05) is 23.7 Å². The summed E-state index contributed by atoms with van der Waals surface area (Å²) < 4.78 is 4.92. The van der Waals surface area contributed by atoms with Crippen LogP contribution in [-0.4, -0.2) is 44.7 Å². The number of nitrogens with zero attached hydrogens (tertiary/aromatic N) is 1. The van der Waals surface area contributed by atoms with Crippen molar-refractivity contribution in [2.45, 2.75) is 13.0 Å². The molecule has 4 nitrogen and oxygen atoms in total. The van der Waals surface area contributed by atoms with Gasteiger partial charge in [-0.2, -0.15) is 0 Å². The predicted octanol–water partition coefficient (Wildman–Crippen LogP) is 1.92. The monoisotopic (exact) mass is 284 g/mol. The van der Waals surface area contributed by atoms with Crippen LogP contribution in [0.1, 0.15) is 12.0 Å². The van der Waals surface area contributed by atoms with Gasteiger partial charge in [-0.3, -0.25) is 9.69 Å². The molecule has 1 amide bonds. The second-order valence-electron chi connectivity index (χ2n) is 4.50. The Morgan fingerprint density at radius 2 is 2.26 bits per heavy atom. The van der Waals surface area contributed by atoms with E-state index >= 15 is 0 Å². The van der Waals surface area contributed by atoms with Gasteiger partial charge in [-0.15, -0.1) is 0 Å². The number of rotatable bonds is 8. The first-order valence-electron chi connectivity index (χ1n) is 6.30. The smallest absolute Gasteiger partial charge is 0.234 e. The summed E-state index contributed by atoms with van der Waals surface area (Å²) in [5.41, 5.74) is 1.10. The molecular weight excluding hydrogens is 264 g/mol. The fourth-order valence-electron chi connectivity index (χ4n) is 1.75. The van der Waals surface area contributed by atoms with Crippen LogP contribution < -0.4 is 5.32 Å². The van der Waals surface area contributed by atoms with Crippen molar-refractivity contribution >= 4 is 17.5 Å². The van der Waals surface area contributed by atoms with Gasteiger partial charge in [0.15, 0.2) is 0 Å². The van der Waals surface area contributed by atoms with Crippen LogP contribution in [0.3, 0.4) is 0 Å². The van der Waals surface area contributed by atoms with Gasteiger partial charge in [0.1, 0.15) is 0 Å². The maximum absolute atomic E-state index is 11.7. The summed E-state index contributed by atoms with van der Waals surface area (Å²) in [5.74, 6) is 0.0284. The van der Waals surface area contributed by atoms with Crippen LogP contribution in [0.15, 0.2) is 24.3 Å². The molecule has 106 valence electrons. The minimum atomic E-state index is 0.0284. The molecule has 0 radical (unpaired) electrons. The lowest BCUT2D eigenvalue weighted by molar-refractivity contribution is -0.122. The molecule has 1 aromatic rings. The third-order valence-corrected chi connectivity index (χ3v) is 2.84. The van der Waals surface area contributed by atoms with Crippen LogP contribution >= 0.6 is 11.6 Å². The summed E-state index contributed by atoms with van der Waals surface area (Å²) in [6.07, 6.45) is 0.834. The number of likely N-dealkylation sites (N-methyl/N-ethyl adjacent to an activating group) is 1. The molecule has 0 bridgehead atoms. The number of hydrogen-bond donors (Lipinski definition) is 1. The van der Waals surface area contributed by atoms with Crippen LogP contribution in [-0.2, 0) is 16.1 Å². The van der Waals surface area contributed by atoms with Gasteiger partial charge in [0.05, 0.1) is 6.54 Å². The summed E-state index contributed by atoms with van der Waals surface area (Å²) in [6, 6.07) is 7.66. The summed E-state index contributed by atoms with van der Waals surface area (Å²) >= 11 is 5.92. The van der Waals surface area contributed by atoms with Gasteiger partial charge in [-0.05, 0) is 31.2 Å². The third kappa shape index (κ3) is 7.15. The van der Waals surface area contributed by atoms with Gasteiger partial charge in [-0.25, -0.2) is 0 Å². The molecule has 0 atom stereocenters. The molecule has 1 N–H and O–H groups in total. The summed E-state index contributed by atoms with van der Waals surface area (Å²) in [7, 11) is 3.57. The number of carbonyl (C=O) groups is 1. The first kappa shape index (κ1) is 16.0. The van der Waals surface area contributed by atoms with E-state index in [1.54, 1.807) is 7.11 Å². The molecule has 0 spiro atoms. The molecule has 19 heavy (non-hydrogen) atoms. The number of ether oxygens (including phenoxy) is 1. The van der Waals surface area contributed by atoms with E-state index in [1.807, 2.05) is 36.2 Å². The standard InChI is InChI=1S/C14H21ClN2O2/c1-17(10-12-5-3-6-13(15)9-12)11-14(18)16-7-4-8-19-2/h3,5-6,9H,4,7-8,10-11H2,1-2H3,(H,16,18). The zero-order valence-electron chi connectivity index (χ0n) is 11.5. The summed E-state index contributed by atoms with van der Waals surface area (Å²) in [5, 5.41) is 3.58. The Labute approximate surface area is 119 Å². The Hall–Kier alpha value is -1.10. The second kappa shape index (κ2) is 8.91. The maximum Gasteiger partial charge on any atom is 0.234 e. The van der Waals surface area contributed by atoms with E-state index < -0.39 is 0 Å². The van der Waals surface area contributed by atoms with Crippen molar-refractivity contribution < 1.29 is 9.53 Å². The van der Waals surface area contributed by atoms with Gasteiger partial charge in [0.25, 0.3) is 0 Å². The molecule has 0 aliphatic heterocycles. The van der Waals surface area contributed by atoms with Crippen molar-refractivity contribution in [3.05, 3.63) is 34.9 Å². The molecular formula is C14H21ClN2O2. The first-order chi connectivity index (χ1) is 9.11. The van der Waals surface area contributed by atoms with Crippen LogP contribution in [0.2, 0.25) is 5.02 Å². The van der Waals surface area contributed by atoms with Crippen molar-refractivity contribution in [3.8, 4) is 0 Å². The number of amides is 1. The van der Waals surface area contributed by atoms with Crippen molar-refractivity contribution in [2.24, 2.45) is 0 Å². The van der Waals surface area contributed by atoms with E-state index in [4.69, 9.17) is 16.3 Å². The number of halogens is 1. The Morgan fingerprint density at radius 1 is 1.47 bits per heavy atom. The topological polar surface area (TPSA) is 41.6 Å². The van der Waals surface area contributed by atoms with E-state index in [9.17, 15) is 4.79 Å². The van der Waals surface area contributed by atoms with E-state index in [0.29, 0.717) is 26.2 Å². The van der Waals surface area contributed by atoms with Crippen LogP contribution in [0.4, 0.5) is 0 Å². The molecule has 1 aromatic carbocycles. The molecule has 0 aliphatic carbocycles. The van der Waals surface area contributed by atoms with Crippen molar-refractivity contribution in [1.82, 2.24) is 10.2 Å². The maximum atomic E-state index is 11.7. The molecule has 5 heteroatoms. The van der Waals surface area contributed by atoms with E-state index in [0.717, 1.165) is 17.0 Å². The minimum Gasteiger partial charge on any atom is -0.385 e. The highest BCUT2D eigenvalue weighted by Crippen LogP contribution is 2.11. The summed E-state index contributed by atoms with van der Waals surface area (Å²) in [4.78, 5) is 13.6. The predicted molar refractivity (Wildman–Crippen MR) is 77.3 cm³/mol.